The number of morpholine rings is 1. The molecule has 0 saturated carbocycles. The lowest BCUT2D eigenvalue weighted by Gasteiger charge is -2.32. The van der Waals surface area contributed by atoms with Crippen LogP contribution in [0.4, 0.5) is 0 Å². The van der Waals surface area contributed by atoms with Gasteiger partial charge in [0.05, 0.1) is 25.7 Å². The maximum absolute atomic E-state index is 12.2. The minimum atomic E-state index is -0.556. The van der Waals surface area contributed by atoms with Crippen molar-refractivity contribution in [3.05, 3.63) is 35.9 Å². The summed E-state index contributed by atoms with van der Waals surface area (Å²) >= 11 is 0. The van der Waals surface area contributed by atoms with Gasteiger partial charge in [0.1, 0.15) is 6.10 Å². The highest BCUT2D eigenvalue weighted by molar-refractivity contribution is 5.76. The fourth-order valence-corrected chi connectivity index (χ4v) is 3.26. The summed E-state index contributed by atoms with van der Waals surface area (Å²) in [5, 5.41) is 2.93. The van der Waals surface area contributed by atoms with E-state index in [9.17, 15) is 4.79 Å². The average Bonchev–Trinajstić information content (AvgIpc) is 2.93. The average molecular weight is 348 g/mol. The Labute approximate surface area is 149 Å². The minimum Gasteiger partial charge on any atom is -0.375 e. The zero-order valence-corrected chi connectivity index (χ0v) is 15.1. The summed E-state index contributed by atoms with van der Waals surface area (Å²) in [4.78, 5) is 14.5. The molecule has 6 nitrogen and oxygen atoms in total. The second-order valence-electron chi connectivity index (χ2n) is 7.17. The molecular formula is C19H28N2O4. The first kappa shape index (κ1) is 18.3. The van der Waals surface area contributed by atoms with Crippen LogP contribution in [0.3, 0.4) is 0 Å². The first-order valence-corrected chi connectivity index (χ1v) is 8.96. The number of rotatable bonds is 6. The normalized spacial score (nSPS) is 26.5. The van der Waals surface area contributed by atoms with Gasteiger partial charge in [-0.05, 0) is 19.4 Å². The predicted molar refractivity (Wildman–Crippen MR) is 94.0 cm³/mol. The van der Waals surface area contributed by atoms with Gasteiger partial charge in [0.15, 0.2) is 5.79 Å². The Hall–Kier alpha value is -1.47. The third-order valence-corrected chi connectivity index (χ3v) is 4.48. The first-order valence-electron chi connectivity index (χ1n) is 8.96. The van der Waals surface area contributed by atoms with Crippen LogP contribution in [0.5, 0.6) is 0 Å². The molecule has 2 aliphatic heterocycles. The van der Waals surface area contributed by atoms with E-state index in [4.69, 9.17) is 14.2 Å². The van der Waals surface area contributed by atoms with Gasteiger partial charge in [0.2, 0.25) is 5.91 Å². The zero-order chi connectivity index (χ0) is 17.7. The molecule has 2 aliphatic rings. The molecule has 0 aliphatic carbocycles. The third kappa shape index (κ3) is 5.78. The molecule has 0 aromatic heterocycles. The molecule has 2 saturated heterocycles. The van der Waals surface area contributed by atoms with E-state index < -0.39 is 5.79 Å². The van der Waals surface area contributed by atoms with Gasteiger partial charge in [-0.15, -0.1) is 0 Å². The Morgan fingerprint density at radius 1 is 1.28 bits per heavy atom. The second-order valence-corrected chi connectivity index (χ2v) is 7.17. The molecule has 138 valence electrons. The Morgan fingerprint density at radius 2 is 2.08 bits per heavy atom. The standard InChI is InChI=1S/C19H28N2O4/c1-19(2)24-14-17(25-19)11-20-18(22)10-16-13-21(8-9-23-16)12-15-6-4-3-5-7-15/h3-7,16-17H,8-14H2,1-2H3,(H,20,22)/t16-,17+/m0/s1. The summed E-state index contributed by atoms with van der Waals surface area (Å²) in [5.41, 5.74) is 1.29. The van der Waals surface area contributed by atoms with Gasteiger partial charge < -0.3 is 19.5 Å². The number of nitrogens with one attached hydrogen (secondary N) is 1. The fourth-order valence-electron chi connectivity index (χ4n) is 3.26. The molecule has 2 fully saturated rings. The van der Waals surface area contributed by atoms with Crippen LogP contribution in [-0.2, 0) is 25.5 Å². The molecule has 2 heterocycles. The highest BCUT2D eigenvalue weighted by Gasteiger charge is 2.32. The summed E-state index contributed by atoms with van der Waals surface area (Å²) < 4.78 is 17.0. The monoisotopic (exact) mass is 348 g/mol. The molecule has 1 amide bonds. The van der Waals surface area contributed by atoms with Crippen LogP contribution in [0.1, 0.15) is 25.8 Å². The van der Waals surface area contributed by atoms with E-state index in [1.165, 1.54) is 5.56 Å². The molecule has 0 unspecified atom stereocenters. The first-order chi connectivity index (χ1) is 12.0. The van der Waals surface area contributed by atoms with Gasteiger partial charge in [0.25, 0.3) is 0 Å². The van der Waals surface area contributed by atoms with Crippen LogP contribution in [0, 0.1) is 0 Å². The third-order valence-electron chi connectivity index (χ3n) is 4.48. The van der Waals surface area contributed by atoms with Crippen LogP contribution in [0.15, 0.2) is 30.3 Å². The van der Waals surface area contributed by atoms with Crippen molar-refractivity contribution in [2.24, 2.45) is 0 Å². The molecule has 25 heavy (non-hydrogen) atoms. The molecule has 6 heteroatoms. The Morgan fingerprint density at radius 3 is 2.80 bits per heavy atom. The van der Waals surface area contributed by atoms with E-state index >= 15 is 0 Å². The molecule has 1 aromatic rings. The minimum absolute atomic E-state index is 0.000123. The maximum atomic E-state index is 12.2. The van der Waals surface area contributed by atoms with Crippen LogP contribution in [0.25, 0.3) is 0 Å². The van der Waals surface area contributed by atoms with Gasteiger partial charge in [0, 0.05) is 26.2 Å². The van der Waals surface area contributed by atoms with Crippen molar-refractivity contribution < 1.29 is 19.0 Å². The lowest BCUT2D eigenvalue weighted by Crippen LogP contribution is -2.44. The molecular weight excluding hydrogens is 320 g/mol. The fraction of sp³-hybridized carbons (Fsp3) is 0.632. The molecule has 1 N–H and O–H groups in total. The molecule has 1 aromatic carbocycles. The van der Waals surface area contributed by atoms with Gasteiger partial charge >= 0.3 is 0 Å². The molecule has 0 bridgehead atoms. The van der Waals surface area contributed by atoms with Crippen molar-refractivity contribution in [3.63, 3.8) is 0 Å². The van der Waals surface area contributed by atoms with E-state index in [1.807, 2.05) is 19.9 Å². The molecule has 0 spiro atoms. The Kier molecular flexibility index (Phi) is 6.06. The van der Waals surface area contributed by atoms with E-state index in [0.717, 1.165) is 19.6 Å². The second kappa shape index (κ2) is 8.27. The summed E-state index contributed by atoms with van der Waals surface area (Å²) in [6.45, 7) is 7.98. The van der Waals surface area contributed by atoms with Crippen molar-refractivity contribution >= 4 is 5.91 Å². The zero-order valence-electron chi connectivity index (χ0n) is 15.1. The van der Waals surface area contributed by atoms with Crippen LogP contribution in [-0.4, -0.2) is 61.7 Å². The van der Waals surface area contributed by atoms with Gasteiger partial charge in [-0.2, -0.15) is 0 Å². The maximum Gasteiger partial charge on any atom is 0.222 e. The van der Waals surface area contributed by atoms with Crippen LogP contribution >= 0.6 is 0 Å². The smallest absolute Gasteiger partial charge is 0.222 e. The van der Waals surface area contributed by atoms with Crippen LogP contribution in [0.2, 0.25) is 0 Å². The SMILES string of the molecule is CC1(C)OC[C@@H](CNC(=O)C[C@H]2CN(Cc3ccccc3)CCO2)O1. The lowest BCUT2D eigenvalue weighted by molar-refractivity contribution is -0.140. The number of nitrogens with zero attached hydrogens (tertiary/aromatic N) is 1. The number of hydrogen-bond acceptors (Lipinski definition) is 5. The van der Waals surface area contributed by atoms with Gasteiger partial charge in [-0.1, -0.05) is 30.3 Å². The van der Waals surface area contributed by atoms with Gasteiger partial charge in [-0.3, -0.25) is 9.69 Å². The van der Waals surface area contributed by atoms with E-state index in [2.05, 4.69) is 34.5 Å². The van der Waals surface area contributed by atoms with Crippen molar-refractivity contribution in [1.29, 1.82) is 0 Å². The topological polar surface area (TPSA) is 60.0 Å². The molecule has 3 rings (SSSR count). The number of carbonyl (C=O) groups is 1. The highest BCUT2D eigenvalue weighted by Crippen LogP contribution is 2.21. The van der Waals surface area contributed by atoms with Crippen molar-refractivity contribution in [2.45, 2.75) is 44.8 Å². The summed E-state index contributed by atoms with van der Waals surface area (Å²) in [7, 11) is 0. The van der Waals surface area contributed by atoms with Crippen molar-refractivity contribution in [2.75, 3.05) is 32.8 Å². The molecule has 0 radical (unpaired) electrons. The predicted octanol–water partition coefficient (Wildman–Crippen LogP) is 1.55. The Bertz CT molecular complexity index is 564. The van der Waals surface area contributed by atoms with E-state index in [1.54, 1.807) is 0 Å². The summed E-state index contributed by atoms with van der Waals surface area (Å²) in [5.74, 6) is -0.556. The lowest BCUT2D eigenvalue weighted by atomic mass is 10.1. The van der Waals surface area contributed by atoms with Crippen LogP contribution < -0.4 is 5.32 Å². The van der Waals surface area contributed by atoms with Crippen molar-refractivity contribution in [1.82, 2.24) is 10.2 Å². The number of carbonyl (C=O) groups excluding carboxylic acids is 1. The van der Waals surface area contributed by atoms with E-state index in [0.29, 0.717) is 26.2 Å². The quantitative estimate of drug-likeness (QED) is 0.845. The summed E-state index contributed by atoms with van der Waals surface area (Å²) in [6, 6.07) is 10.4. The Balaban J connectivity index is 1.39. The largest absolute Gasteiger partial charge is 0.375 e. The molecule has 2 atom stereocenters. The number of amides is 1. The number of hydrogen-bond donors (Lipinski definition) is 1. The van der Waals surface area contributed by atoms with E-state index in [-0.39, 0.29) is 18.1 Å². The number of ether oxygens (including phenoxy) is 3. The van der Waals surface area contributed by atoms with Gasteiger partial charge in [-0.25, -0.2) is 0 Å². The summed E-state index contributed by atoms with van der Waals surface area (Å²) in [6.07, 6.45) is 0.234. The highest BCUT2D eigenvalue weighted by atomic mass is 16.7. The van der Waals surface area contributed by atoms with Crippen molar-refractivity contribution in [3.8, 4) is 0 Å². The number of benzene rings is 1.